The van der Waals surface area contributed by atoms with Gasteiger partial charge in [-0.25, -0.2) is 4.98 Å². The number of ether oxygens (including phenoxy) is 2. The van der Waals surface area contributed by atoms with Gasteiger partial charge in [-0.05, 0) is 31.2 Å². The van der Waals surface area contributed by atoms with Gasteiger partial charge < -0.3 is 19.7 Å². The van der Waals surface area contributed by atoms with Crippen LogP contribution in [0.25, 0.3) is 0 Å². The Morgan fingerprint density at radius 2 is 1.89 bits per heavy atom. The quantitative estimate of drug-likeness (QED) is 0.798. The number of carbonyl (C=O) groups excluding carboxylic acids is 1. The normalized spacial score (nSPS) is 15.8. The summed E-state index contributed by atoms with van der Waals surface area (Å²) in [5, 5.41) is 3.58. The van der Waals surface area contributed by atoms with E-state index in [1.54, 1.807) is 38.6 Å². The molecule has 1 N–H and O–H groups in total. The second-order valence-electron chi connectivity index (χ2n) is 6.59. The van der Waals surface area contributed by atoms with E-state index in [1.165, 1.54) is 0 Å². The summed E-state index contributed by atoms with van der Waals surface area (Å²) in [6, 6.07) is 8.82. The Morgan fingerprint density at radius 1 is 1.14 bits per heavy atom. The van der Waals surface area contributed by atoms with E-state index in [0.29, 0.717) is 22.2 Å². The number of anilines is 2. The minimum Gasteiger partial charge on any atom is -0.497 e. The zero-order chi connectivity index (χ0) is 20.1. The van der Waals surface area contributed by atoms with Gasteiger partial charge in [0.2, 0.25) is 5.91 Å². The number of pyridine rings is 1. The molecule has 1 fully saturated rings. The molecule has 1 aliphatic heterocycles. The fourth-order valence-electron chi connectivity index (χ4n) is 3.21. The third kappa shape index (κ3) is 4.66. The molecule has 1 saturated heterocycles. The average molecular weight is 405 g/mol. The van der Waals surface area contributed by atoms with Gasteiger partial charge in [-0.1, -0.05) is 11.6 Å². The second-order valence-corrected chi connectivity index (χ2v) is 7.03. The lowest BCUT2D eigenvalue weighted by molar-refractivity contribution is -0.120. The lowest BCUT2D eigenvalue weighted by Gasteiger charge is -2.38. The molecule has 0 radical (unpaired) electrons. The Balaban J connectivity index is 1.59. The number of piperazine rings is 1. The van der Waals surface area contributed by atoms with Gasteiger partial charge >= 0.3 is 0 Å². The molecule has 1 atom stereocenters. The van der Waals surface area contributed by atoms with Crippen LogP contribution in [0.4, 0.5) is 11.5 Å². The van der Waals surface area contributed by atoms with E-state index in [4.69, 9.17) is 21.1 Å². The zero-order valence-electron chi connectivity index (χ0n) is 16.3. The van der Waals surface area contributed by atoms with E-state index >= 15 is 0 Å². The van der Waals surface area contributed by atoms with Crippen LogP contribution in [0.15, 0.2) is 36.5 Å². The Labute approximate surface area is 170 Å². The monoisotopic (exact) mass is 404 g/mol. The minimum absolute atomic E-state index is 0.0791. The summed E-state index contributed by atoms with van der Waals surface area (Å²) in [7, 11) is 3.16. The van der Waals surface area contributed by atoms with E-state index in [2.05, 4.69) is 20.1 Å². The summed E-state index contributed by atoms with van der Waals surface area (Å²) in [6.07, 6.45) is 1.65. The summed E-state index contributed by atoms with van der Waals surface area (Å²) in [4.78, 5) is 21.5. The van der Waals surface area contributed by atoms with Gasteiger partial charge in [-0.3, -0.25) is 9.69 Å². The Hall–Kier alpha value is -2.51. The van der Waals surface area contributed by atoms with E-state index < -0.39 is 0 Å². The molecule has 28 heavy (non-hydrogen) atoms. The van der Waals surface area contributed by atoms with Crippen LogP contribution < -0.4 is 19.7 Å². The number of aromatic nitrogens is 1. The largest absolute Gasteiger partial charge is 0.497 e. The molecule has 1 unspecified atom stereocenters. The molecule has 1 amide bonds. The highest BCUT2D eigenvalue weighted by Crippen LogP contribution is 2.29. The van der Waals surface area contributed by atoms with Crippen molar-refractivity contribution < 1.29 is 14.3 Å². The number of methoxy groups -OCH3 is 2. The maximum atomic E-state index is 12.8. The predicted molar refractivity (Wildman–Crippen MR) is 111 cm³/mol. The number of amides is 1. The second kappa shape index (κ2) is 9.12. The number of nitrogens with one attached hydrogen (secondary N) is 1. The molecule has 2 aromatic rings. The predicted octanol–water partition coefficient (Wildman–Crippen LogP) is 2.90. The van der Waals surface area contributed by atoms with Crippen molar-refractivity contribution in [3.8, 4) is 11.5 Å². The first-order chi connectivity index (χ1) is 13.5. The fourth-order valence-corrected chi connectivity index (χ4v) is 3.32. The van der Waals surface area contributed by atoms with Crippen molar-refractivity contribution in [1.82, 2.24) is 9.88 Å². The van der Waals surface area contributed by atoms with E-state index in [0.717, 1.165) is 32.0 Å². The van der Waals surface area contributed by atoms with Gasteiger partial charge in [0.25, 0.3) is 0 Å². The van der Waals surface area contributed by atoms with E-state index in [9.17, 15) is 4.79 Å². The molecule has 150 valence electrons. The van der Waals surface area contributed by atoms with Gasteiger partial charge in [0, 0.05) is 38.4 Å². The molecular weight excluding hydrogens is 380 g/mol. The van der Waals surface area contributed by atoms with E-state index in [1.807, 2.05) is 19.1 Å². The first kappa shape index (κ1) is 20.2. The number of carbonyl (C=O) groups is 1. The molecule has 8 heteroatoms. The summed E-state index contributed by atoms with van der Waals surface area (Å²) in [6.45, 7) is 5.06. The third-order valence-electron chi connectivity index (χ3n) is 4.94. The molecular formula is C20H25ClN4O3. The van der Waals surface area contributed by atoms with Crippen molar-refractivity contribution in [2.45, 2.75) is 13.0 Å². The van der Waals surface area contributed by atoms with Crippen molar-refractivity contribution in [3.63, 3.8) is 0 Å². The molecule has 7 nitrogen and oxygen atoms in total. The van der Waals surface area contributed by atoms with Crippen LogP contribution in [-0.2, 0) is 4.79 Å². The summed E-state index contributed by atoms with van der Waals surface area (Å²) < 4.78 is 10.6. The van der Waals surface area contributed by atoms with E-state index in [-0.39, 0.29) is 11.9 Å². The van der Waals surface area contributed by atoms with Crippen molar-refractivity contribution >= 4 is 29.0 Å². The number of hydrogen-bond acceptors (Lipinski definition) is 6. The standard InChI is InChI=1S/C20H25ClN4O3/c1-14(20(26)23-17-12-16(27-2)5-6-18(17)28-3)24-8-10-25(11-9-24)19-7-4-15(21)13-22-19/h4-7,12-14H,8-11H2,1-3H3,(H,23,26). The highest BCUT2D eigenvalue weighted by atomic mass is 35.5. The highest BCUT2D eigenvalue weighted by molar-refractivity contribution is 6.30. The summed E-state index contributed by atoms with van der Waals surface area (Å²) >= 11 is 5.91. The molecule has 0 bridgehead atoms. The molecule has 1 aromatic heterocycles. The van der Waals surface area contributed by atoms with Crippen molar-refractivity contribution in [1.29, 1.82) is 0 Å². The number of benzene rings is 1. The number of nitrogens with zero attached hydrogens (tertiary/aromatic N) is 3. The third-order valence-corrected chi connectivity index (χ3v) is 5.17. The van der Waals surface area contributed by atoms with Gasteiger partial charge in [0.05, 0.1) is 31.0 Å². The Kier molecular flexibility index (Phi) is 6.59. The molecule has 1 aromatic carbocycles. The molecule has 3 rings (SSSR count). The van der Waals surface area contributed by atoms with Crippen LogP contribution in [-0.4, -0.2) is 62.2 Å². The van der Waals surface area contributed by atoms with Gasteiger partial charge in [0.1, 0.15) is 17.3 Å². The lowest BCUT2D eigenvalue weighted by Crippen LogP contribution is -2.53. The van der Waals surface area contributed by atoms with Gasteiger partial charge in [-0.15, -0.1) is 0 Å². The molecule has 2 heterocycles. The van der Waals surface area contributed by atoms with Crippen LogP contribution in [0.3, 0.4) is 0 Å². The van der Waals surface area contributed by atoms with Gasteiger partial charge in [0.15, 0.2) is 0 Å². The lowest BCUT2D eigenvalue weighted by atomic mass is 10.2. The minimum atomic E-state index is -0.267. The van der Waals surface area contributed by atoms with Gasteiger partial charge in [-0.2, -0.15) is 0 Å². The zero-order valence-corrected chi connectivity index (χ0v) is 17.1. The number of rotatable bonds is 6. The Bertz CT molecular complexity index is 808. The van der Waals surface area contributed by atoms with Crippen LogP contribution in [0.1, 0.15) is 6.92 Å². The SMILES string of the molecule is COc1ccc(OC)c(NC(=O)C(C)N2CCN(c3ccc(Cl)cn3)CC2)c1. The molecule has 0 saturated carbocycles. The number of hydrogen-bond donors (Lipinski definition) is 1. The molecule has 1 aliphatic rings. The summed E-state index contributed by atoms with van der Waals surface area (Å²) in [5.41, 5.74) is 0.600. The van der Waals surface area contributed by atoms with Crippen LogP contribution in [0, 0.1) is 0 Å². The first-order valence-corrected chi connectivity index (χ1v) is 9.53. The fraction of sp³-hybridized carbons (Fsp3) is 0.400. The van der Waals surface area contributed by atoms with Crippen molar-refractivity contribution in [2.75, 3.05) is 50.6 Å². The van der Waals surface area contributed by atoms with Crippen LogP contribution >= 0.6 is 11.6 Å². The topological polar surface area (TPSA) is 66.9 Å². The van der Waals surface area contributed by atoms with Crippen LogP contribution in [0.2, 0.25) is 5.02 Å². The Morgan fingerprint density at radius 3 is 2.50 bits per heavy atom. The maximum absolute atomic E-state index is 12.8. The van der Waals surface area contributed by atoms with Crippen molar-refractivity contribution in [3.05, 3.63) is 41.6 Å². The first-order valence-electron chi connectivity index (χ1n) is 9.15. The molecule has 0 aliphatic carbocycles. The smallest absolute Gasteiger partial charge is 0.241 e. The van der Waals surface area contributed by atoms with Crippen LogP contribution in [0.5, 0.6) is 11.5 Å². The van der Waals surface area contributed by atoms with Crippen molar-refractivity contribution in [2.24, 2.45) is 0 Å². The average Bonchev–Trinajstić information content (AvgIpc) is 2.73. The number of halogens is 1. The highest BCUT2D eigenvalue weighted by Gasteiger charge is 2.26. The molecule has 0 spiro atoms. The summed E-state index contributed by atoms with van der Waals surface area (Å²) in [5.74, 6) is 2.08. The maximum Gasteiger partial charge on any atom is 0.241 e.